The van der Waals surface area contributed by atoms with Gasteiger partial charge in [0.2, 0.25) is 0 Å². The van der Waals surface area contributed by atoms with Crippen molar-refractivity contribution in [3.8, 4) is 0 Å². The summed E-state index contributed by atoms with van der Waals surface area (Å²) in [4.78, 5) is 12.2. The van der Waals surface area contributed by atoms with E-state index in [-0.39, 0.29) is 11.7 Å². The van der Waals surface area contributed by atoms with Gasteiger partial charge >= 0.3 is 0 Å². The van der Waals surface area contributed by atoms with E-state index in [0.717, 1.165) is 18.5 Å². The number of rotatable bonds is 2. The Hall–Kier alpha value is -1.16. The minimum Gasteiger partial charge on any atom is -0.310 e. The molecule has 0 aliphatic carbocycles. The van der Waals surface area contributed by atoms with Crippen LogP contribution in [0.1, 0.15) is 29.8 Å². The number of nitrogens with one attached hydrogen (secondary N) is 1. The normalized spacial score (nSPS) is 33.5. The molecule has 4 heteroatoms. The third-order valence-electron chi connectivity index (χ3n) is 3.71. The zero-order valence-electron chi connectivity index (χ0n) is 8.81. The summed E-state index contributed by atoms with van der Waals surface area (Å²) in [5.74, 6) is 0.439. The Morgan fingerprint density at radius 3 is 3.00 bits per heavy atom. The van der Waals surface area contributed by atoms with Crippen molar-refractivity contribution in [1.29, 1.82) is 0 Å². The van der Waals surface area contributed by atoms with Crippen LogP contribution in [-0.2, 0) is 7.05 Å². The second-order valence-electron chi connectivity index (χ2n) is 4.59. The van der Waals surface area contributed by atoms with Crippen LogP contribution in [-0.4, -0.2) is 27.6 Å². The molecule has 3 rings (SSSR count). The molecule has 0 saturated carbocycles. The monoisotopic (exact) mass is 205 g/mol. The zero-order chi connectivity index (χ0) is 10.4. The fraction of sp³-hybridized carbons (Fsp3) is 0.636. The lowest BCUT2D eigenvalue weighted by Crippen LogP contribution is -2.29. The summed E-state index contributed by atoms with van der Waals surface area (Å²) in [5, 5.41) is 7.54. The van der Waals surface area contributed by atoms with E-state index in [1.54, 1.807) is 10.9 Å². The Bertz CT molecular complexity index is 398. The third kappa shape index (κ3) is 1.32. The first-order chi connectivity index (χ1) is 7.25. The van der Waals surface area contributed by atoms with Crippen molar-refractivity contribution in [2.24, 2.45) is 13.0 Å². The molecule has 1 N–H and O–H groups in total. The molecule has 2 aliphatic heterocycles. The van der Waals surface area contributed by atoms with Crippen LogP contribution in [0.5, 0.6) is 0 Å². The van der Waals surface area contributed by atoms with Crippen molar-refractivity contribution < 1.29 is 4.79 Å². The van der Waals surface area contributed by atoms with E-state index in [2.05, 4.69) is 10.4 Å². The van der Waals surface area contributed by atoms with Gasteiger partial charge in [-0.2, -0.15) is 5.10 Å². The fourth-order valence-corrected chi connectivity index (χ4v) is 2.92. The second kappa shape index (κ2) is 3.17. The molecule has 2 saturated heterocycles. The van der Waals surface area contributed by atoms with Gasteiger partial charge in [0, 0.05) is 31.2 Å². The van der Waals surface area contributed by atoms with Crippen molar-refractivity contribution in [1.82, 2.24) is 15.1 Å². The van der Waals surface area contributed by atoms with Crippen molar-refractivity contribution in [3.63, 3.8) is 0 Å². The van der Waals surface area contributed by atoms with E-state index in [1.807, 2.05) is 13.1 Å². The molecule has 3 atom stereocenters. The van der Waals surface area contributed by atoms with Gasteiger partial charge in [0.05, 0.1) is 0 Å². The van der Waals surface area contributed by atoms with Crippen LogP contribution in [0, 0.1) is 5.92 Å². The highest BCUT2D eigenvalue weighted by Gasteiger charge is 2.43. The lowest BCUT2D eigenvalue weighted by Gasteiger charge is -2.18. The summed E-state index contributed by atoms with van der Waals surface area (Å²) in [6.45, 7) is 0. The average Bonchev–Trinajstić information content (AvgIpc) is 2.91. The third-order valence-corrected chi connectivity index (χ3v) is 3.71. The molecule has 1 aromatic rings. The van der Waals surface area contributed by atoms with Crippen LogP contribution >= 0.6 is 0 Å². The van der Waals surface area contributed by atoms with E-state index < -0.39 is 0 Å². The largest absolute Gasteiger partial charge is 0.310 e. The van der Waals surface area contributed by atoms with E-state index >= 15 is 0 Å². The maximum absolute atomic E-state index is 12.2. The highest BCUT2D eigenvalue weighted by molar-refractivity contribution is 5.97. The molecule has 0 aromatic carbocycles. The number of aryl methyl sites for hydroxylation is 1. The predicted molar refractivity (Wildman–Crippen MR) is 55.6 cm³/mol. The van der Waals surface area contributed by atoms with Gasteiger partial charge in [-0.05, 0) is 25.3 Å². The Balaban J connectivity index is 1.84. The number of Topliss-reactive ketones (excluding diaryl/α,β-unsaturated/α-hetero) is 1. The molecule has 2 aliphatic rings. The Kier molecular flexibility index (Phi) is 1.92. The summed E-state index contributed by atoms with van der Waals surface area (Å²) < 4.78 is 1.67. The van der Waals surface area contributed by atoms with Gasteiger partial charge in [0.25, 0.3) is 0 Å². The zero-order valence-corrected chi connectivity index (χ0v) is 8.81. The summed E-state index contributed by atoms with van der Waals surface area (Å²) >= 11 is 0. The molecule has 80 valence electrons. The molecular formula is C11H15N3O. The first kappa shape index (κ1) is 9.09. The number of nitrogens with zero attached hydrogens (tertiary/aromatic N) is 2. The van der Waals surface area contributed by atoms with Crippen molar-refractivity contribution in [2.45, 2.75) is 31.3 Å². The summed E-state index contributed by atoms with van der Waals surface area (Å²) in [6, 6.07) is 2.81. The van der Waals surface area contributed by atoms with Crippen LogP contribution in [0.15, 0.2) is 12.3 Å². The van der Waals surface area contributed by atoms with Crippen LogP contribution in [0.4, 0.5) is 0 Å². The molecule has 2 bridgehead atoms. The highest BCUT2D eigenvalue weighted by atomic mass is 16.1. The number of carbonyl (C=O) groups excluding carboxylic acids is 1. The number of ketones is 1. The maximum atomic E-state index is 12.2. The molecule has 0 radical (unpaired) electrons. The first-order valence-electron chi connectivity index (χ1n) is 5.54. The highest BCUT2D eigenvalue weighted by Crippen LogP contribution is 2.34. The fourth-order valence-electron chi connectivity index (χ4n) is 2.92. The molecule has 2 fully saturated rings. The van der Waals surface area contributed by atoms with E-state index in [1.165, 1.54) is 6.42 Å². The summed E-state index contributed by atoms with van der Waals surface area (Å²) in [5.41, 5.74) is 0.745. The number of hydrogen-bond donors (Lipinski definition) is 1. The molecular weight excluding hydrogens is 190 g/mol. The Morgan fingerprint density at radius 1 is 1.60 bits per heavy atom. The van der Waals surface area contributed by atoms with Gasteiger partial charge in [-0.3, -0.25) is 9.48 Å². The van der Waals surface area contributed by atoms with Crippen molar-refractivity contribution >= 4 is 5.78 Å². The Labute approximate surface area is 88.7 Å². The predicted octanol–water partition coefficient (Wildman–Crippen LogP) is 0.743. The maximum Gasteiger partial charge on any atom is 0.185 e. The lowest BCUT2D eigenvalue weighted by molar-refractivity contribution is 0.0891. The SMILES string of the molecule is Cn1nccc1C(=O)C1CC2CCC1N2. The topological polar surface area (TPSA) is 46.9 Å². The van der Waals surface area contributed by atoms with Gasteiger partial charge < -0.3 is 5.32 Å². The van der Waals surface area contributed by atoms with Gasteiger partial charge in [-0.25, -0.2) is 0 Å². The summed E-state index contributed by atoms with van der Waals surface area (Å²) in [7, 11) is 1.83. The number of carbonyl (C=O) groups is 1. The molecule has 3 heterocycles. The van der Waals surface area contributed by atoms with Crippen LogP contribution in [0.3, 0.4) is 0 Å². The number of hydrogen-bond acceptors (Lipinski definition) is 3. The molecule has 15 heavy (non-hydrogen) atoms. The number of aromatic nitrogens is 2. The summed E-state index contributed by atoms with van der Waals surface area (Å²) in [6.07, 6.45) is 5.08. The van der Waals surface area contributed by atoms with Gasteiger partial charge in [0.1, 0.15) is 5.69 Å². The Morgan fingerprint density at radius 2 is 2.47 bits per heavy atom. The van der Waals surface area contributed by atoms with E-state index in [0.29, 0.717) is 12.1 Å². The van der Waals surface area contributed by atoms with Crippen LogP contribution in [0.25, 0.3) is 0 Å². The second-order valence-corrected chi connectivity index (χ2v) is 4.59. The average molecular weight is 205 g/mol. The van der Waals surface area contributed by atoms with Gasteiger partial charge in [-0.1, -0.05) is 0 Å². The van der Waals surface area contributed by atoms with Crippen LogP contribution in [0.2, 0.25) is 0 Å². The molecule has 3 unspecified atom stereocenters. The van der Waals surface area contributed by atoms with Crippen LogP contribution < -0.4 is 5.32 Å². The molecule has 4 nitrogen and oxygen atoms in total. The molecule has 0 amide bonds. The van der Waals surface area contributed by atoms with Crippen molar-refractivity contribution in [3.05, 3.63) is 18.0 Å². The smallest absolute Gasteiger partial charge is 0.185 e. The molecule has 0 spiro atoms. The van der Waals surface area contributed by atoms with E-state index in [9.17, 15) is 4.79 Å². The van der Waals surface area contributed by atoms with Crippen molar-refractivity contribution in [2.75, 3.05) is 0 Å². The van der Waals surface area contributed by atoms with Gasteiger partial charge in [-0.15, -0.1) is 0 Å². The first-order valence-corrected chi connectivity index (χ1v) is 5.54. The molecule has 1 aromatic heterocycles. The van der Waals surface area contributed by atoms with Gasteiger partial charge in [0.15, 0.2) is 5.78 Å². The quantitative estimate of drug-likeness (QED) is 0.724. The lowest BCUT2D eigenvalue weighted by atomic mass is 9.85. The minimum absolute atomic E-state index is 0.180. The standard InChI is InChI=1S/C11H15N3O/c1-14-10(4-5-12-14)11(15)8-6-7-2-3-9(8)13-7/h4-5,7-9,13H,2-3,6H2,1H3. The number of fused-ring (bicyclic) bond motifs is 2. The minimum atomic E-state index is 0.180. The van der Waals surface area contributed by atoms with E-state index in [4.69, 9.17) is 0 Å².